The first-order valence-corrected chi connectivity index (χ1v) is 11.2. The Balaban J connectivity index is 1.52. The second kappa shape index (κ2) is 10.5. The van der Waals surface area contributed by atoms with Gasteiger partial charge in [0.05, 0.1) is 11.7 Å². The first-order chi connectivity index (χ1) is 14.8. The summed E-state index contributed by atoms with van der Waals surface area (Å²) in [6.45, 7) is 5.90. The highest BCUT2D eigenvalue weighted by Gasteiger charge is 2.15. The lowest BCUT2D eigenvalue weighted by atomic mass is 10.1. The molecule has 0 saturated heterocycles. The average molecular weight is 453 g/mol. The van der Waals surface area contributed by atoms with Crippen LogP contribution in [0.4, 0.5) is 11.4 Å². The SMILES string of the molecule is Cc1ccc(NC(=O)C(C)Sc2ccc(NC(=O)Cc3ccc(Cl)cc3)cc2)c(C)c1. The zero-order valence-electron chi connectivity index (χ0n) is 17.7. The lowest BCUT2D eigenvalue weighted by molar-refractivity contribution is -0.116. The Morgan fingerprint density at radius 3 is 2.26 bits per heavy atom. The van der Waals surface area contributed by atoms with Crippen LogP contribution in [0.1, 0.15) is 23.6 Å². The van der Waals surface area contributed by atoms with E-state index >= 15 is 0 Å². The number of amides is 2. The third-order valence-corrected chi connectivity index (χ3v) is 6.10. The molecule has 3 rings (SSSR count). The number of thioether (sulfide) groups is 1. The maximum absolute atomic E-state index is 12.6. The van der Waals surface area contributed by atoms with Crippen molar-refractivity contribution in [2.75, 3.05) is 10.6 Å². The van der Waals surface area contributed by atoms with Crippen molar-refractivity contribution in [2.45, 2.75) is 37.3 Å². The van der Waals surface area contributed by atoms with E-state index in [0.717, 1.165) is 27.4 Å². The predicted octanol–water partition coefficient (Wildman–Crippen LogP) is 6.26. The number of aryl methyl sites for hydroxylation is 2. The Kier molecular flexibility index (Phi) is 7.77. The van der Waals surface area contributed by atoms with Crippen molar-refractivity contribution in [3.8, 4) is 0 Å². The standard InChI is InChI=1S/C25H25ClN2O2S/c1-16-4-13-23(17(2)14-16)28-25(30)18(3)31-22-11-9-21(10-12-22)27-24(29)15-19-5-7-20(26)8-6-19/h4-14,18H,15H2,1-3H3,(H,27,29)(H,28,30). The average Bonchev–Trinajstić information content (AvgIpc) is 2.73. The molecule has 4 nitrogen and oxygen atoms in total. The minimum Gasteiger partial charge on any atom is -0.326 e. The third-order valence-electron chi connectivity index (χ3n) is 4.74. The van der Waals surface area contributed by atoms with E-state index < -0.39 is 0 Å². The Morgan fingerprint density at radius 1 is 0.935 bits per heavy atom. The van der Waals surface area contributed by atoms with Gasteiger partial charge in [-0.25, -0.2) is 0 Å². The third kappa shape index (κ3) is 6.88. The van der Waals surface area contributed by atoms with Gasteiger partial charge in [-0.2, -0.15) is 0 Å². The molecule has 1 atom stereocenters. The number of carbonyl (C=O) groups excluding carboxylic acids is 2. The van der Waals surface area contributed by atoms with E-state index in [1.54, 1.807) is 12.1 Å². The van der Waals surface area contributed by atoms with Crippen LogP contribution in [0.15, 0.2) is 71.6 Å². The van der Waals surface area contributed by atoms with Gasteiger partial charge in [-0.05, 0) is 74.4 Å². The van der Waals surface area contributed by atoms with Crippen molar-refractivity contribution in [3.63, 3.8) is 0 Å². The van der Waals surface area contributed by atoms with E-state index in [0.29, 0.717) is 5.02 Å². The molecule has 31 heavy (non-hydrogen) atoms. The number of carbonyl (C=O) groups is 2. The highest BCUT2D eigenvalue weighted by Crippen LogP contribution is 2.26. The largest absolute Gasteiger partial charge is 0.326 e. The molecule has 0 fully saturated rings. The summed E-state index contributed by atoms with van der Waals surface area (Å²) in [5.74, 6) is -0.138. The van der Waals surface area contributed by atoms with Crippen LogP contribution in [0.5, 0.6) is 0 Å². The molecule has 0 spiro atoms. The summed E-state index contributed by atoms with van der Waals surface area (Å²) in [6, 6.07) is 20.7. The van der Waals surface area contributed by atoms with Crippen LogP contribution in [-0.4, -0.2) is 17.1 Å². The molecule has 0 aromatic heterocycles. The number of benzene rings is 3. The fourth-order valence-electron chi connectivity index (χ4n) is 3.06. The summed E-state index contributed by atoms with van der Waals surface area (Å²) in [5.41, 5.74) is 4.66. The Labute approximate surface area is 192 Å². The molecule has 6 heteroatoms. The van der Waals surface area contributed by atoms with Crippen LogP contribution in [0, 0.1) is 13.8 Å². The minimum atomic E-state index is -0.258. The molecule has 3 aromatic rings. The molecule has 0 saturated carbocycles. The number of rotatable bonds is 7. The smallest absolute Gasteiger partial charge is 0.237 e. The molecule has 3 aromatic carbocycles. The van der Waals surface area contributed by atoms with E-state index in [2.05, 4.69) is 10.6 Å². The lowest BCUT2D eigenvalue weighted by Gasteiger charge is -2.14. The number of anilines is 2. The normalized spacial score (nSPS) is 11.6. The zero-order chi connectivity index (χ0) is 22.4. The van der Waals surface area contributed by atoms with Gasteiger partial charge in [0.15, 0.2) is 0 Å². The molecule has 0 bridgehead atoms. The van der Waals surface area contributed by atoms with Crippen LogP contribution >= 0.6 is 23.4 Å². The van der Waals surface area contributed by atoms with Crippen molar-refractivity contribution in [2.24, 2.45) is 0 Å². The van der Waals surface area contributed by atoms with Crippen LogP contribution < -0.4 is 10.6 Å². The van der Waals surface area contributed by atoms with E-state index in [4.69, 9.17) is 11.6 Å². The van der Waals surface area contributed by atoms with E-state index in [9.17, 15) is 9.59 Å². The van der Waals surface area contributed by atoms with Crippen LogP contribution in [-0.2, 0) is 16.0 Å². The number of halogens is 1. The topological polar surface area (TPSA) is 58.2 Å². The predicted molar refractivity (Wildman–Crippen MR) is 130 cm³/mol. The van der Waals surface area contributed by atoms with Gasteiger partial charge < -0.3 is 10.6 Å². The molecular weight excluding hydrogens is 428 g/mol. The highest BCUT2D eigenvalue weighted by atomic mass is 35.5. The van der Waals surface area contributed by atoms with E-state index in [1.165, 1.54) is 17.3 Å². The number of nitrogens with one attached hydrogen (secondary N) is 2. The summed E-state index contributed by atoms with van der Waals surface area (Å²) < 4.78 is 0. The molecule has 1 unspecified atom stereocenters. The molecule has 0 heterocycles. The molecule has 0 aliphatic heterocycles. The summed E-state index contributed by atoms with van der Waals surface area (Å²) >= 11 is 7.35. The van der Waals surface area contributed by atoms with Crippen molar-refractivity contribution in [3.05, 3.63) is 88.4 Å². The number of hydrogen-bond donors (Lipinski definition) is 2. The first kappa shape index (κ1) is 22.9. The Bertz CT molecular complexity index is 1070. The Hall–Kier alpha value is -2.76. The number of hydrogen-bond acceptors (Lipinski definition) is 3. The second-order valence-corrected chi connectivity index (χ2v) is 9.29. The summed E-state index contributed by atoms with van der Waals surface area (Å²) in [4.78, 5) is 25.8. The highest BCUT2D eigenvalue weighted by molar-refractivity contribution is 8.00. The molecular formula is C25H25ClN2O2S. The maximum Gasteiger partial charge on any atom is 0.237 e. The summed E-state index contributed by atoms with van der Waals surface area (Å²) in [5, 5.41) is 6.28. The Morgan fingerprint density at radius 2 is 1.61 bits per heavy atom. The quantitative estimate of drug-likeness (QED) is 0.416. The van der Waals surface area contributed by atoms with Crippen LogP contribution in [0.3, 0.4) is 0 Å². The van der Waals surface area contributed by atoms with Gasteiger partial charge in [-0.3, -0.25) is 9.59 Å². The van der Waals surface area contributed by atoms with Gasteiger partial charge in [-0.15, -0.1) is 11.8 Å². The monoisotopic (exact) mass is 452 g/mol. The maximum atomic E-state index is 12.6. The van der Waals surface area contributed by atoms with E-state index in [-0.39, 0.29) is 23.5 Å². The van der Waals surface area contributed by atoms with Crippen molar-refractivity contribution >= 4 is 46.6 Å². The molecule has 0 aliphatic rings. The molecule has 0 aliphatic carbocycles. The van der Waals surface area contributed by atoms with Crippen molar-refractivity contribution in [1.29, 1.82) is 0 Å². The molecule has 2 amide bonds. The molecule has 2 N–H and O–H groups in total. The zero-order valence-corrected chi connectivity index (χ0v) is 19.3. The first-order valence-electron chi connectivity index (χ1n) is 9.99. The fraction of sp³-hybridized carbons (Fsp3) is 0.200. The van der Waals surface area contributed by atoms with Gasteiger partial charge in [0, 0.05) is 21.3 Å². The fourth-order valence-corrected chi connectivity index (χ4v) is 4.05. The minimum absolute atomic E-state index is 0.0442. The van der Waals surface area contributed by atoms with E-state index in [1.807, 2.05) is 75.4 Å². The van der Waals surface area contributed by atoms with Gasteiger partial charge in [0.2, 0.25) is 11.8 Å². The van der Waals surface area contributed by atoms with Gasteiger partial charge in [0.25, 0.3) is 0 Å². The van der Waals surface area contributed by atoms with Crippen LogP contribution in [0.2, 0.25) is 5.02 Å². The van der Waals surface area contributed by atoms with Crippen molar-refractivity contribution in [1.82, 2.24) is 0 Å². The van der Waals surface area contributed by atoms with Gasteiger partial charge in [-0.1, -0.05) is 41.4 Å². The lowest BCUT2D eigenvalue weighted by Crippen LogP contribution is -2.22. The molecule has 160 valence electrons. The van der Waals surface area contributed by atoms with Gasteiger partial charge >= 0.3 is 0 Å². The van der Waals surface area contributed by atoms with Gasteiger partial charge in [0.1, 0.15) is 0 Å². The van der Waals surface area contributed by atoms with Crippen LogP contribution in [0.25, 0.3) is 0 Å². The summed E-state index contributed by atoms with van der Waals surface area (Å²) in [6.07, 6.45) is 0.281. The molecule has 0 radical (unpaired) electrons. The van der Waals surface area contributed by atoms with Crippen molar-refractivity contribution < 1.29 is 9.59 Å². The summed E-state index contributed by atoms with van der Waals surface area (Å²) in [7, 11) is 0. The second-order valence-electron chi connectivity index (χ2n) is 7.44.